The van der Waals surface area contributed by atoms with E-state index in [1.165, 1.54) is 16.7 Å². The van der Waals surface area contributed by atoms with E-state index in [1.807, 2.05) is 0 Å². The van der Waals surface area contributed by atoms with E-state index in [-0.39, 0.29) is 12.2 Å². The van der Waals surface area contributed by atoms with Crippen molar-refractivity contribution >= 4 is 6.09 Å². The summed E-state index contributed by atoms with van der Waals surface area (Å²) in [5.74, 6) is 0.354. The maximum Gasteiger partial charge on any atom is 0.407 e. The largest absolute Gasteiger partial charge is 0.450 e. The van der Waals surface area contributed by atoms with Crippen LogP contribution in [-0.4, -0.2) is 30.5 Å². The number of aryl methyl sites for hydroxylation is 1. The number of fused-ring (bicyclic) bond motifs is 1. The third-order valence-electron chi connectivity index (χ3n) is 4.58. The normalized spacial score (nSPS) is 26.6. The number of aliphatic hydroxyl groups is 1. The summed E-state index contributed by atoms with van der Waals surface area (Å²) in [4.78, 5) is 11.5. The van der Waals surface area contributed by atoms with E-state index in [1.54, 1.807) is 0 Å². The van der Waals surface area contributed by atoms with Crippen molar-refractivity contribution in [3.05, 3.63) is 34.9 Å². The number of hydrogen-bond donors (Lipinski definition) is 2. The Kier molecular flexibility index (Phi) is 4.44. The van der Waals surface area contributed by atoms with Gasteiger partial charge < -0.3 is 15.2 Å². The van der Waals surface area contributed by atoms with E-state index in [2.05, 4.69) is 23.5 Å². The molecule has 1 aromatic rings. The molecule has 1 aromatic carbocycles. The highest BCUT2D eigenvalue weighted by molar-refractivity contribution is 5.67. The van der Waals surface area contributed by atoms with Crippen LogP contribution in [0.4, 0.5) is 4.79 Å². The van der Waals surface area contributed by atoms with Crippen LogP contribution in [0.5, 0.6) is 0 Å². The Morgan fingerprint density at radius 1 is 1.19 bits per heavy atom. The number of carbonyl (C=O) groups is 1. The molecule has 4 nitrogen and oxygen atoms in total. The SMILES string of the molecule is O=C1NC[C@@H](c2ccc3c(c2)CCC(O)C3)CCCCO1. The van der Waals surface area contributed by atoms with Gasteiger partial charge in [0.2, 0.25) is 0 Å². The fourth-order valence-corrected chi connectivity index (χ4v) is 3.31. The fraction of sp³-hybridized carbons (Fsp3) is 0.588. The van der Waals surface area contributed by atoms with Crippen molar-refractivity contribution < 1.29 is 14.6 Å². The minimum atomic E-state index is -0.303. The fourth-order valence-electron chi connectivity index (χ4n) is 3.31. The van der Waals surface area contributed by atoms with Crippen LogP contribution in [0.3, 0.4) is 0 Å². The van der Waals surface area contributed by atoms with Crippen LogP contribution in [0.1, 0.15) is 48.3 Å². The van der Waals surface area contributed by atoms with Crippen molar-refractivity contribution in [1.82, 2.24) is 5.32 Å². The minimum Gasteiger partial charge on any atom is -0.450 e. The molecule has 1 fully saturated rings. The number of nitrogens with one attached hydrogen (secondary N) is 1. The van der Waals surface area contributed by atoms with E-state index in [0.717, 1.165) is 38.5 Å². The van der Waals surface area contributed by atoms with Gasteiger partial charge in [-0.3, -0.25) is 0 Å². The highest BCUT2D eigenvalue weighted by atomic mass is 16.5. The lowest BCUT2D eigenvalue weighted by Crippen LogP contribution is -2.28. The van der Waals surface area contributed by atoms with Gasteiger partial charge in [0.15, 0.2) is 0 Å². The molecular formula is C17H23NO3. The van der Waals surface area contributed by atoms with Gasteiger partial charge in [0.1, 0.15) is 0 Å². The molecule has 1 heterocycles. The van der Waals surface area contributed by atoms with Crippen molar-refractivity contribution in [3.8, 4) is 0 Å². The highest BCUT2D eigenvalue weighted by Gasteiger charge is 2.20. The molecular weight excluding hydrogens is 266 g/mol. The summed E-state index contributed by atoms with van der Waals surface area (Å²) >= 11 is 0. The Balaban J connectivity index is 1.76. The van der Waals surface area contributed by atoms with Gasteiger partial charge in [-0.25, -0.2) is 4.79 Å². The summed E-state index contributed by atoms with van der Waals surface area (Å²) in [5, 5.41) is 12.6. The molecule has 21 heavy (non-hydrogen) atoms. The van der Waals surface area contributed by atoms with Crippen LogP contribution in [0.25, 0.3) is 0 Å². The molecule has 1 aliphatic carbocycles. The van der Waals surface area contributed by atoms with E-state index in [4.69, 9.17) is 4.74 Å². The van der Waals surface area contributed by atoms with Gasteiger partial charge in [-0.15, -0.1) is 0 Å². The second kappa shape index (κ2) is 6.48. The van der Waals surface area contributed by atoms with Gasteiger partial charge in [-0.1, -0.05) is 18.2 Å². The van der Waals surface area contributed by atoms with Gasteiger partial charge in [-0.2, -0.15) is 0 Å². The monoisotopic (exact) mass is 289 g/mol. The number of aliphatic hydroxyl groups excluding tert-OH is 1. The van der Waals surface area contributed by atoms with Crippen molar-refractivity contribution in [2.24, 2.45) is 0 Å². The zero-order chi connectivity index (χ0) is 14.7. The van der Waals surface area contributed by atoms with E-state index in [9.17, 15) is 9.90 Å². The zero-order valence-electron chi connectivity index (χ0n) is 12.3. The van der Waals surface area contributed by atoms with Crippen molar-refractivity contribution in [2.75, 3.05) is 13.2 Å². The molecule has 2 atom stereocenters. The van der Waals surface area contributed by atoms with Crippen LogP contribution in [0, 0.1) is 0 Å². The number of ether oxygens (including phenoxy) is 1. The molecule has 1 saturated heterocycles. The Morgan fingerprint density at radius 3 is 3.00 bits per heavy atom. The maximum atomic E-state index is 11.5. The summed E-state index contributed by atoms with van der Waals surface area (Å²) in [6, 6.07) is 6.58. The van der Waals surface area contributed by atoms with Gasteiger partial charge in [0.05, 0.1) is 12.7 Å². The lowest BCUT2D eigenvalue weighted by atomic mass is 9.85. The molecule has 3 rings (SSSR count). The highest BCUT2D eigenvalue weighted by Crippen LogP contribution is 2.28. The molecule has 1 amide bonds. The Morgan fingerprint density at radius 2 is 2.10 bits per heavy atom. The predicted octanol–water partition coefficient (Wildman–Crippen LogP) is 2.53. The molecule has 1 unspecified atom stereocenters. The lowest BCUT2D eigenvalue weighted by molar-refractivity contribution is 0.146. The maximum absolute atomic E-state index is 11.5. The molecule has 2 aliphatic rings. The van der Waals surface area contributed by atoms with Crippen LogP contribution in [0.2, 0.25) is 0 Å². The van der Waals surface area contributed by atoms with Crippen molar-refractivity contribution in [2.45, 2.75) is 50.5 Å². The minimum absolute atomic E-state index is 0.190. The Hall–Kier alpha value is -1.55. The first-order valence-electron chi connectivity index (χ1n) is 7.93. The third-order valence-corrected chi connectivity index (χ3v) is 4.58. The molecule has 114 valence electrons. The van der Waals surface area contributed by atoms with Gasteiger partial charge >= 0.3 is 6.09 Å². The average Bonchev–Trinajstić information content (AvgIpc) is 2.59. The molecule has 0 bridgehead atoms. The second-order valence-corrected chi connectivity index (χ2v) is 6.13. The third kappa shape index (κ3) is 3.56. The van der Waals surface area contributed by atoms with Gasteiger partial charge in [0.25, 0.3) is 0 Å². The number of amides is 1. The number of hydrogen-bond acceptors (Lipinski definition) is 3. The number of benzene rings is 1. The van der Waals surface area contributed by atoms with Crippen LogP contribution in [-0.2, 0) is 17.6 Å². The van der Waals surface area contributed by atoms with E-state index < -0.39 is 0 Å². The first kappa shape index (κ1) is 14.4. The Bertz CT molecular complexity index is 515. The van der Waals surface area contributed by atoms with Crippen LogP contribution in [0.15, 0.2) is 18.2 Å². The standard InChI is InChI=1S/C17H23NO3/c19-16-7-6-12-9-13(4-5-14(12)10-16)15-3-1-2-8-21-17(20)18-11-15/h4-5,9,15-16,19H,1-3,6-8,10-11H2,(H,18,20)/t15-,16?/m0/s1. The second-order valence-electron chi connectivity index (χ2n) is 6.13. The summed E-state index contributed by atoms with van der Waals surface area (Å²) < 4.78 is 5.07. The quantitative estimate of drug-likeness (QED) is 0.835. The molecule has 2 N–H and O–H groups in total. The number of cyclic esters (lactones) is 1. The molecule has 0 spiro atoms. The summed E-state index contributed by atoms with van der Waals surface area (Å²) in [6.45, 7) is 1.15. The van der Waals surface area contributed by atoms with Crippen LogP contribution >= 0.6 is 0 Å². The number of alkyl carbamates (subject to hydrolysis) is 1. The zero-order valence-corrected chi connectivity index (χ0v) is 12.3. The first-order valence-corrected chi connectivity index (χ1v) is 7.93. The molecule has 0 saturated carbocycles. The van der Waals surface area contributed by atoms with Crippen molar-refractivity contribution in [1.29, 1.82) is 0 Å². The smallest absolute Gasteiger partial charge is 0.407 e. The van der Waals surface area contributed by atoms with Gasteiger partial charge in [0, 0.05) is 12.5 Å². The van der Waals surface area contributed by atoms with Crippen LogP contribution < -0.4 is 5.32 Å². The topological polar surface area (TPSA) is 58.6 Å². The Labute approximate surface area is 125 Å². The van der Waals surface area contributed by atoms with Crippen molar-refractivity contribution in [3.63, 3.8) is 0 Å². The number of carbonyl (C=O) groups excluding carboxylic acids is 1. The molecule has 4 heteroatoms. The summed E-state index contributed by atoms with van der Waals surface area (Å²) in [6.07, 6.45) is 5.16. The van der Waals surface area contributed by atoms with Gasteiger partial charge in [-0.05, 0) is 55.2 Å². The summed E-state index contributed by atoms with van der Waals surface area (Å²) in [7, 11) is 0. The number of rotatable bonds is 1. The predicted molar refractivity (Wildman–Crippen MR) is 80.4 cm³/mol. The molecule has 0 aromatic heterocycles. The first-order chi connectivity index (χ1) is 10.2. The average molecular weight is 289 g/mol. The molecule has 1 aliphatic heterocycles. The summed E-state index contributed by atoms with van der Waals surface area (Å²) in [5.41, 5.74) is 3.93. The van der Waals surface area contributed by atoms with E-state index in [0.29, 0.717) is 19.1 Å². The van der Waals surface area contributed by atoms with E-state index >= 15 is 0 Å². The lowest BCUT2D eigenvalue weighted by Gasteiger charge is -2.23. The molecule has 0 radical (unpaired) electrons.